The van der Waals surface area contributed by atoms with Crippen LogP contribution in [-0.4, -0.2) is 26.7 Å². The molecule has 3 nitrogen and oxygen atoms in total. The van der Waals surface area contributed by atoms with Gasteiger partial charge in [0.1, 0.15) is 5.75 Å². The Hall–Kier alpha value is -1.22. The van der Waals surface area contributed by atoms with E-state index in [1.54, 1.807) is 0 Å². The topological polar surface area (TPSA) is 24.5 Å². The summed E-state index contributed by atoms with van der Waals surface area (Å²) < 4.78 is 5.70. The van der Waals surface area contributed by atoms with E-state index in [1.165, 1.54) is 5.56 Å². The van der Waals surface area contributed by atoms with Crippen LogP contribution in [0.2, 0.25) is 0 Å². The van der Waals surface area contributed by atoms with Crippen molar-refractivity contribution in [1.29, 1.82) is 0 Å². The van der Waals surface area contributed by atoms with Gasteiger partial charge in [-0.3, -0.25) is 0 Å². The molecule has 1 aromatic rings. The lowest BCUT2D eigenvalue weighted by atomic mass is 10.1. The van der Waals surface area contributed by atoms with Crippen LogP contribution in [0.25, 0.3) is 0 Å². The van der Waals surface area contributed by atoms with E-state index < -0.39 is 0 Å². The van der Waals surface area contributed by atoms with Gasteiger partial charge in [0.25, 0.3) is 0 Å². The highest BCUT2D eigenvalue weighted by atomic mass is 16.5. The van der Waals surface area contributed by atoms with Gasteiger partial charge in [0.2, 0.25) is 0 Å². The summed E-state index contributed by atoms with van der Waals surface area (Å²) in [6, 6.07) is 6.97. The van der Waals surface area contributed by atoms with Crippen molar-refractivity contribution >= 4 is 5.69 Å². The number of hydrogen-bond acceptors (Lipinski definition) is 3. The minimum Gasteiger partial charge on any atom is -0.492 e. The summed E-state index contributed by atoms with van der Waals surface area (Å²) in [5.74, 6) is 0.964. The van der Waals surface area contributed by atoms with E-state index in [1.807, 2.05) is 21.0 Å². The zero-order valence-corrected chi connectivity index (χ0v) is 12.3. The van der Waals surface area contributed by atoms with Crippen LogP contribution in [0, 0.1) is 0 Å². The molecule has 0 spiro atoms. The zero-order chi connectivity index (χ0) is 13.5. The molecule has 1 N–H and O–H groups in total. The summed E-state index contributed by atoms with van der Waals surface area (Å²) >= 11 is 0. The van der Waals surface area contributed by atoms with Crippen molar-refractivity contribution in [3.8, 4) is 5.75 Å². The molecule has 1 atom stereocenters. The molecule has 0 saturated heterocycles. The van der Waals surface area contributed by atoms with Crippen molar-refractivity contribution in [2.45, 2.75) is 39.8 Å². The van der Waals surface area contributed by atoms with Gasteiger partial charge in [-0.2, -0.15) is 0 Å². The number of anilines is 1. The normalized spacial score (nSPS) is 12.3. The summed E-state index contributed by atoms with van der Waals surface area (Å²) in [6.07, 6.45) is 1.15. The maximum atomic E-state index is 5.70. The minimum absolute atomic E-state index is 0.550. The zero-order valence-electron chi connectivity index (χ0n) is 12.3. The maximum absolute atomic E-state index is 5.70. The van der Waals surface area contributed by atoms with Crippen molar-refractivity contribution in [1.82, 2.24) is 5.32 Å². The molecule has 0 saturated carbocycles. The number of hydrogen-bond donors (Lipinski definition) is 1. The lowest BCUT2D eigenvalue weighted by Crippen LogP contribution is -2.24. The number of nitrogens with one attached hydrogen (secondary N) is 1. The third kappa shape index (κ3) is 4.22. The summed E-state index contributed by atoms with van der Waals surface area (Å²) in [7, 11) is 4.07. The number of rotatable bonds is 7. The predicted octanol–water partition coefficient (Wildman–Crippen LogP) is 3.04. The Balaban J connectivity index is 2.79. The van der Waals surface area contributed by atoms with E-state index >= 15 is 0 Å². The molecule has 18 heavy (non-hydrogen) atoms. The average molecular weight is 250 g/mol. The van der Waals surface area contributed by atoms with Crippen LogP contribution in [0.1, 0.15) is 32.8 Å². The third-order valence-corrected chi connectivity index (χ3v) is 3.07. The van der Waals surface area contributed by atoms with Crippen LogP contribution in [0.15, 0.2) is 18.2 Å². The molecule has 3 heteroatoms. The SMILES string of the molecule is CCOc1cc(CNC(C)CC)ccc1N(C)C. The van der Waals surface area contributed by atoms with E-state index in [-0.39, 0.29) is 0 Å². The fourth-order valence-corrected chi connectivity index (χ4v) is 1.75. The van der Waals surface area contributed by atoms with Crippen LogP contribution >= 0.6 is 0 Å². The van der Waals surface area contributed by atoms with E-state index in [9.17, 15) is 0 Å². The molecular formula is C15H26N2O. The van der Waals surface area contributed by atoms with E-state index in [0.717, 1.165) is 24.4 Å². The van der Waals surface area contributed by atoms with Crippen LogP contribution in [0.4, 0.5) is 5.69 Å². The first-order chi connectivity index (χ1) is 8.58. The molecule has 0 aliphatic carbocycles. The highest BCUT2D eigenvalue weighted by molar-refractivity contribution is 5.58. The van der Waals surface area contributed by atoms with Gasteiger partial charge in [0.15, 0.2) is 0 Å². The van der Waals surface area contributed by atoms with Crippen molar-refractivity contribution in [2.24, 2.45) is 0 Å². The van der Waals surface area contributed by atoms with Crippen LogP contribution in [0.3, 0.4) is 0 Å². The molecule has 0 aliphatic heterocycles. The summed E-state index contributed by atoms with van der Waals surface area (Å²) in [5, 5.41) is 3.50. The van der Waals surface area contributed by atoms with Gasteiger partial charge in [-0.25, -0.2) is 0 Å². The van der Waals surface area contributed by atoms with Crippen molar-refractivity contribution in [3.05, 3.63) is 23.8 Å². The van der Waals surface area contributed by atoms with Crippen molar-refractivity contribution in [2.75, 3.05) is 25.6 Å². The summed E-state index contributed by atoms with van der Waals surface area (Å²) in [6.45, 7) is 8.01. The molecule has 0 bridgehead atoms. The van der Waals surface area contributed by atoms with E-state index in [2.05, 4.69) is 42.3 Å². The molecule has 102 valence electrons. The minimum atomic E-state index is 0.550. The Kier molecular flexibility index (Phi) is 5.99. The fourth-order valence-electron chi connectivity index (χ4n) is 1.75. The van der Waals surface area contributed by atoms with Crippen LogP contribution < -0.4 is 15.0 Å². The Morgan fingerprint density at radius 3 is 2.56 bits per heavy atom. The molecule has 0 radical (unpaired) electrons. The van der Waals surface area contributed by atoms with Crippen molar-refractivity contribution < 1.29 is 4.74 Å². The van der Waals surface area contributed by atoms with Gasteiger partial charge >= 0.3 is 0 Å². The second-order valence-electron chi connectivity index (χ2n) is 4.82. The van der Waals surface area contributed by atoms with Gasteiger partial charge < -0.3 is 15.0 Å². The lowest BCUT2D eigenvalue weighted by molar-refractivity contribution is 0.340. The molecule has 0 heterocycles. The monoisotopic (exact) mass is 250 g/mol. The molecule has 0 aliphatic rings. The Labute approximate surface area is 111 Å². The first kappa shape index (κ1) is 14.8. The van der Waals surface area contributed by atoms with Crippen molar-refractivity contribution in [3.63, 3.8) is 0 Å². The molecule has 0 aromatic heterocycles. The molecule has 1 rings (SSSR count). The summed E-state index contributed by atoms with van der Waals surface area (Å²) in [5.41, 5.74) is 2.40. The average Bonchev–Trinajstić information content (AvgIpc) is 2.36. The van der Waals surface area contributed by atoms with Crippen LogP contribution in [-0.2, 0) is 6.54 Å². The standard InChI is InChI=1S/C15H26N2O/c1-6-12(3)16-11-13-8-9-14(17(4)5)15(10-13)18-7-2/h8-10,12,16H,6-7,11H2,1-5H3. The predicted molar refractivity (Wildman–Crippen MR) is 78.5 cm³/mol. The molecule has 0 fully saturated rings. The van der Waals surface area contributed by atoms with Gasteiger partial charge in [-0.05, 0) is 38.0 Å². The Morgan fingerprint density at radius 1 is 1.28 bits per heavy atom. The Bertz CT molecular complexity index is 364. The molecule has 0 amide bonds. The smallest absolute Gasteiger partial charge is 0.142 e. The van der Waals surface area contributed by atoms with Crippen LogP contribution in [0.5, 0.6) is 5.75 Å². The fraction of sp³-hybridized carbons (Fsp3) is 0.600. The van der Waals surface area contributed by atoms with Gasteiger partial charge in [0.05, 0.1) is 12.3 Å². The van der Waals surface area contributed by atoms with E-state index in [0.29, 0.717) is 12.6 Å². The quantitative estimate of drug-likeness (QED) is 0.805. The second kappa shape index (κ2) is 7.27. The molecular weight excluding hydrogens is 224 g/mol. The van der Waals surface area contributed by atoms with Gasteiger partial charge in [-0.1, -0.05) is 13.0 Å². The lowest BCUT2D eigenvalue weighted by Gasteiger charge is -2.19. The molecule has 1 aromatic carbocycles. The van der Waals surface area contributed by atoms with Gasteiger partial charge in [-0.15, -0.1) is 0 Å². The summed E-state index contributed by atoms with van der Waals surface area (Å²) in [4.78, 5) is 2.08. The number of ether oxygens (including phenoxy) is 1. The molecule has 1 unspecified atom stereocenters. The Morgan fingerprint density at radius 2 is 2.00 bits per heavy atom. The maximum Gasteiger partial charge on any atom is 0.142 e. The third-order valence-electron chi connectivity index (χ3n) is 3.07. The largest absolute Gasteiger partial charge is 0.492 e. The van der Waals surface area contributed by atoms with Gasteiger partial charge in [0, 0.05) is 26.7 Å². The first-order valence-corrected chi connectivity index (χ1v) is 6.74. The highest BCUT2D eigenvalue weighted by Crippen LogP contribution is 2.28. The second-order valence-corrected chi connectivity index (χ2v) is 4.82. The highest BCUT2D eigenvalue weighted by Gasteiger charge is 2.07. The number of benzene rings is 1. The number of nitrogens with zero attached hydrogens (tertiary/aromatic N) is 1. The first-order valence-electron chi connectivity index (χ1n) is 6.74. The van der Waals surface area contributed by atoms with E-state index in [4.69, 9.17) is 4.74 Å².